The second kappa shape index (κ2) is 4.74. The first-order valence-electron chi connectivity index (χ1n) is 4.01. The van der Waals surface area contributed by atoms with Gasteiger partial charge in [-0.15, -0.1) is 0 Å². The summed E-state index contributed by atoms with van der Waals surface area (Å²) in [5.41, 5.74) is 6.39. The van der Waals surface area contributed by atoms with Crippen LogP contribution in [-0.4, -0.2) is 16.0 Å². The van der Waals surface area contributed by atoms with E-state index in [0.29, 0.717) is 10.3 Å². The maximum Gasteiger partial charge on any atom is 0.137 e. The molecule has 2 N–H and O–H groups in total. The molecule has 0 unspecified atom stereocenters. The molecule has 1 aromatic heterocycles. The number of hydrogen-bond acceptors (Lipinski definition) is 3. The Balaban J connectivity index is 2.75. The van der Waals surface area contributed by atoms with Crippen molar-refractivity contribution in [1.29, 1.82) is 0 Å². The van der Waals surface area contributed by atoms with E-state index in [0.717, 1.165) is 18.4 Å². The molecule has 0 radical (unpaired) electrons. The predicted octanol–water partition coefficient (Wildman–Crippen LogP) is 2.06. The lowest BCUT2D eigenvalue weighted by Crippen LogP contribution is -2.15. The van der Waals surface area contributed by atoms with Crippen LogP contribution in [0.2, 0.25) is 10.3 Å². The molecule has 0 aliphatic carbocycles. The molecule has 0 saturated heterocycles. The average Bonchev–Trinajstić information content (AvgIpc) is 2.03. The summed E-state index contributed by atoms with van der Waals surface area (Å²) >= 11 is 11.7. The monoisotopic (exact) mass is 219 g/mol. The molecule has 0 spiro atoms. The Hall–Kier alpha value is -0.380. The van der Waals surface area contributed by atoms with Crippen LogP contribution in [0.4, 0.5) is 0 Å². The predicted molar refractivity (Wildman–Crippen MR) is 54.0 cm³/mol. The van der Waals surface area contributed by atoms with Gasteiger partial charge in [-0.2, -0.15) is 0 Å². The van der Waals surface area contributed by atoms with Crippen molar-refractivity contribution in [2.45, 2.75) is 25.8 Å². The molecule has 72 valence electrons. The van der Waals surface area contributed by atoms with Crippen LogP contribution in [0.1, 0.15) is 18.9 Å². The average molecular weight is 220 g/mol. The molecule has 0 saturated carbocycles. The molecule has 0 aliphatic rings. The fourth-order valence-electron chi connectivity index (χ4n) is 0.950. The zero-order chi connectivity index (χ0) is 9.84. The van der Waals surface area contributed by atoms with Crippen molar-refractivity contribution in [1.82, 2.24) is 9.97 Å². The first-order chi connectivity index (χ1) is 6.11. The largest absolute Gasteiger partial charge is 0.328 e. The third-order valence-corrected chi connectivity index (χ3v) is 2.34. The summed E-state index contributed by atoms with van der Waals surface area (Å²) in [5.74, 6) is 0. The van der Waals surface area contributed by atoms with Gasteiger partial charge in [0.1, 0.15) is 16.6 Å². The number of aromatic nitrogens is 2. The zero-order valence-corrected chi connectivity index (χ0v) is 8.81. The molecule has 0 aromatic carbocycles. The first kappa shape index (κ1) is 10.7. The van der Waals surface area contributed by atoms with Crippen molar-refractivity contribution >= 4 is 23.2 Å². The van der Waals surface area contributed by atoms with Crippen LogP contribution in [0.25, 0.3) is 0 Å². The van der Waals surface area contributed by atoms with Gasteiger partial charge in [0, 0.05) is 11.6 Å². The van der Waals surface area contributed by atoms with E-state index < -0.39 is 0 Å². The number of nitrogens with zero attached hydrogens (tertiary/aromatic N) is 2. The molecule has 0 amide bonds. The van der Waals surface area contributed by atoms with Gasteiger partial charge >= 0.3 is 0 Å². The lowest BCUT2D eigenvalue weighted by Gasteiger charge is -2.06. The highest BCUT2D eigenvalue weighted by atomic mass is 35.5. The Morgan fingerprint density at radius 3 is 2.38 bits per heavy atom. The normalized spacial score (nSPS) is 12.9. The molecular formula is C8H11Cl2N3. The number of rotatable bonds is 3. The molecule has 1 aromatic rings. The summed E-state index contributed by atoms with van der Waals surface area (Å²) in [6.07, 6.45) is 2.89. The standard InChI is InChI=1S/C8H11Cl2N3/c1-5(11)2-3-6-7(9)12-4-13-8(6)10/h4-5H,2-3,11H2,1H3/t5-/m1/s1. The number of nitrogens with two attached hydrogens (primary N) is 1. The summed E-state index contributed by atoms with van der Waals surface area (Å²) < 4.78 is 0. The highest BCUT2D eigenvalue weighted by Crippen LogP contribution is 2.21. The second-order valence-corrected chi connectivity index (χ2v) is 3.67. The topological polar surface area (TPSA) is 51.8 Å². The van der Waals surface area contributed by atoms with Crippen molar-refractivity contribution < 1.29 is 0 Å². The van der Waals surface area contributed by atoms with Gasteiger partial charge in [0.15, 0.2) is 0 Å². The molecule has 1 heterocycles. The van der Waals surface area contributed by atoms with Crippen molar-refractivity contribution in [2.75, 3.05) is 0 Å². The minimum absolute atomic E-state index is 0.132. The van der Waals surface area contributed by atoms with Gasteiger partial charge in [-0.1, -0.05) is 23.2 Å². The molecular weight excluding hydrogens is 209 g/mol. The van der Waals surface area contributed by atoms with Crippen LogP contribution in [0, 0.1) is 0 Å². The molecule has 13 heavy (non-hydrogen) atoms. The van der Waals surface area contributed by atoms with Crippen LogP contribution in [0.3, 0.4) is 0 Å². The SMILES string of the molecule is C[C@@H](N)CCc1c(Cl)ncnc1Cl. The summed E-state index contributed by atoms with van der Waals surface area (Å²) in [7, 11) is 0. The van der Waals surface area contributed by atoms with Crippen LogP contribution in [0.15, 0.2) is 6.33 Å². The minimum Gasteiger partial charge on any atom is -0.328 e. The Morgan fingerprint density at radius 2 is 1.92 bits per heavy atom. The highest BCUT2D eigenvalue weighted by molar-refractivity contribution is 6.34. The van der Waals surface area contributed by atoms with E-state index in [1.807, 2.05) is 6.92 Å². The highest BCUT2D eigenvalue weighted by Gasteiger charge is 2.08. The fourth-order valence-corrected chi connectivity index (χ4v) is 1.45. The lowest BCUT2D eigenvalue weighted by molar-refractivity contribution is 0.664. The van der Waals surface area contributed by atoms with Crippen molar-refractivity contribution in [3.63, 3.8) is 0 Å². The van der Waals surface area contributed by atoms with Crippen molar-refractivity contribution in [3.05, 3.63) is 22.2 Å². The van der Waals surface area contributed by atoms with Gasteiger partial charge in [-0.3, -0.25) is 0 Å². The van der Waals surface area contributed by atoms with E-state index in [4.69, 9.17) is 28.9 Å². The Morgan fingerprint density at radius 1 is 1.38 bits per heavy atom. The molecule has 0 fully saturated rings. The lowest BCUT2D eigenvalue weighted by atomic mass is 10.1. The summed E-state index contributed by atoms with van der Waals surface area (Å²) in [4.78, 5) is 7.69. The molecule has 3 nitrogen and oxygen atoms in total. The quantitative estimate of drug-likeness (QED) is 0.793. The van der Waals surface area contributed by atoms with E-state index in [9.17, 15) is 0 Å². The third kappa shape index (κ3) is 3.10. The Kier molecular flexibility index (Phi) is 3.90. The van der Waals surface area contributed by atoms with E-state index in [-0.39, 0.29) is 6.04 Å². The third-order valence-electron chi connectivity index (χ3n) is 1.69. The number of halogens is 2. The van der Waals surface area contributed by atoms with Gasteiger partial charge in [-0.05, 0) is 19.8 Å². The minimum atomic E-state index is 0.132. The van der Waals surface area contributed by atoms with Crippen LogP contribution >= 0.6 is 23.2 Å². The van der Waals surface area contributed by atoms with E-state index >= 15 is 0 Å². The van der Waals surface area contributed by atoms with Gasteiger partial charge in [-0.25, -0.2) is 9.97 Å². The summed E-state index contributed by atoms with van der Waals surface area (Å²) in [5, 5.41) is 0.835. The smallest absolute Gasteiger partial charge is 0.137 e. The zero-order valence-electron chi connectivity index (χ0n) is 7.30. The van der Waals surface area contributed by atoms with Crippen LogP contribution < -0.4 is 5.73 Å². The van der Waals surface area contributed by atoms with E-state index in [1.165, 1.54) is 6.33 Å². The maximum atomic E-state index is 5.84. The molecule has 1 rings (SSSR count). The first-order valence-corrected chi connectivity index (χ1v) is 4.77. The van der Waals surface area contributed by atoms with E-state index in [1.54, 1.807) is 0 Å². The van der Waals surface area contributed by atoms with E-state index in [2.05, 4.69) is 9.97 Å². The van der Waals surface area contributed by atoms with Crippen LogP contribution in [0.5, 0.6) is 0 Å². The molecule has 0 bridgehead atoms. The second-order valence-electron chi connectivity index (χ2n) is 2.95. The van der Waals surface area contributed by atoms with Gasteiger partial charge in [0.25, 0.3) is 0 Å². The molecule has 0 aliphatic heterocycles. The maximum absolute atomic E-state index is 5.84. The Bertz CT molecular complexity index is 268. The summed E-state index contributed by atoms with van der Waals surface area (Å²) in [6.45, 7) is 1.94. The van der Waals surface area contributed by atoms with Crippen LogP contribution in [-0.2, 0) is 6.42 Å². The molecule has 1 atom stereocenters. The fraction of sp³-hybridized carbons (Fsp3) is 0.500. The van der Waals surface area contributed by atoms with Gasteiger partial charge < -0.3 is 5.73 Å². The number of hydrogen-bond donors (Lipinski definition) is 1. The van der Waals surface area contributed by atoms with Crippen molar-refractivity contribution in [3.8, 4) is 0 Å². The van der Waals surface area contributed by atoms with Crippen molar-refractivity contribution in [2.24, 2.45) is 5.73 Å². The molecule has 5 heteroatoms. The van der Waals surface area contributed by atoms with Gasteiger partial charge in [0.2, 0.25) is 0 Å². The Labute approximate surface area is 87.3 Å². The summed E-state index contributed by atoms with van der Waals surface area (Å²) in [6, 6.07) is 0.132. The van der Waals surface area contributed by atoms with Gasteiger partial charge in [0.05, 0.1) is 0 Å².